The van der Waals surface area contributed by atoms with Gasteiger partial charge >= 0.3 is 16.2 Å². The van der Waals surface area contributed by atoms with Gasteiger partial charge in [-0.1, -0.05) is 26.0 Å². The minimum atomic E-state index is -4.61. The Kier molecular flexibility index (Phi) is 6.76. The third kappa shape index (κ3) is 4.81. The number of nitrogens with zero attached hydrogens (tertiary/aromatic N) is 3. The molecule has 1 aliphatic rings. The Morgan fingerprint density at radius 3 is 2.67 bits per heavy atom. The molecule has 0 aliphatic carbocycles. The van der Waals surface area contributed by atoms with Gasteiger partial charge in [-0.25, -0.2) is 9.10 Å². The van der Waals surface area contributed by atoms with E-state index in [1.165, 1.54) is 17.1 Å². The van der Waals surface area contributed by atoms with Crippen molar-refractivity contribution in [3.05, 3.63) is 47.4 Å². The van der Waals surface area contributed by atoms with Crippen LogP contribution in [0.4, 0.5) is 16.2 Å². The molecule has 30 heavy (non-hydrogen) atoms. The van der Waals surface area contributed by atoms with Crippen molar-refractivity contribution in [1.82, 2.24) is 9.78 Å². The number of ether oxygens (including phenoxy) is 1. The number of hydrogen-bond donors (Lipinski definition) is 2. The predicted molar refractivity (Wildman–Crippen MR) is 112 cm³/mol. The minimum absolute atomic E-state index is 0.218. The van der Waals surface area contributed by atoms with Crippen molar-refractivity contribution in [3.8, 4) is 0 Å². The molecule has 2 N–H and O–H groups in total. The van der Waals surface area contributed by atoms with E-state index in [4.69, 9.17) is 4.74 Å². The largest absolute Gasteiger partial charge is 0.608 e. The average Bonchev–Trinajstić information content (AvgIpc) is 3.13. The number of nitrogens with one attached hydrogen (secondary N) is 2. The molecule has 0 bridgehead atoms. The number of benzene rings is 1. The Balaban J connectivity index is 1.86. The number of carbonyl (C=O) groups excluding carboxylic acids is 1. The number of amides is 2. The van der Waals surface area contributed by atoms with Crippen LogP contribution in [0, 0.1) is 5.21 Å². The highest BCUT2D eigenvalue weighted by molar-refractivity contribution is 7.86. The number of carbonyl (C=O) groups is 1. The van der Waals surface area contributed by atoms with Crippen LogP contribution in [-0.2, 0) is 22.0 Å². The lowest BCUT2D eigenvalue weighted by atomic mass is 10.0. The molecule has 0 radical (unpaired) electrons. The summed E-state index contributed by atoms with van der Waals surface area (Å²) in [4.78, 5) is 12.6. The highest BCUT2D eigenvalue weighted by Crippen LogP contribution is 2.24. The van der Waals surface area contributed by atoms with Crippen LogP contribution >= 0.6 is 0 Å². The van der Waals surface area contributed by atoms with Crippen LogP contribution in [0.5, 0.6) is 0 Å². The first-order valence-corrected chi connectivity index (χ1v) is 11.2. The quantitative estimate of drug-likeness (QED) is 0.659. The molecular weight excluding hydrogens is 410 g/mol. The molecule has 0 spiro atoms. The van der Waals surface area contributed by atoms with Gasteiger partial charge in [0, 0.05) is 32.1 Å². The van der Waals surface area contributed by atoms with Crippen molar-refractivity contribution in [2.24, 2.45) is 7.05 Å². The lowest BCUT2D eigenvalue weighted by Crippen LogP contribution is -3.14. The number of anilines is 2. The molecule has 2 heterocycles. The van der Waals surface area contributed by atoms with Crippen molar-refractivity contribution in [3.63, 3.8) is 0 Å². The number of aryl methyl sites for hydroxylation is 1. The first-order chi connectivity index (χ1) is 14.2. The van der Waals surface area contributed by atoms with Gasteiger partial charge in [0.05, 0.1) is 17.9 Å². The summed E-state index contributed by atoms with van der Waals surface area (Å²) in [6.07, 6.45) is 3.70. The predicted octanol–water partition coefficient (Wildman–Crippen LogP) is 1.39. The highest BCUT2D eigenvalue weighted by atomic mass is 32.2. The normalized spacial score (nSPS) is 16.4. The maximum Gasteiger partial charge on any atom is 0.436 e. The SMILES string of the molecule is CC(C)c1cccc(NC(=O)[NH+]([O-])S(=O)(=O)N(c2cnn(C)c2)C2CCOCC2)c1. The molecular formula is C19H27N5O5S. The molecule has 1 aromatic heterocycles. The summed E-state index contributed by atoms with van der Waals surface area (Å²) < 4.78 is 32.6. The monoisotopic (exact) mass is 437 g/mol. The summed E-state index contributed by atoms with van der Waals surface area (Å²) in [5, 5.41) is 19.2. The van der Waals surface area contributed by atoms with Gasteiger partial charge in [0.25, 0.3) is 0 Å². The number of hydroxylamine groups is 1. The van der Waals surface area contributed by atoms with E-state index >= 15 is 0 Å². The van der Waals surface area contributed by atoms with Crippen molar-refractivity contribution in [1.29, 1.82) is 0 Å². The molecule has 1 aromatic carbocycles. The lowest BCUT2D eigenvalue weighted by Gasteiger charge is -2.35. The molecule has 1 atom stereocenters. The van der Waals surface area contributed by atoms with E-state index in [1.807, 2.05) is 19.9 Å². The van der Waals surface area contributed by atoms with Crippen LogP contribution in [0.25, 0.3) is 0 Å². The number of aromatic nitrogens is 2. The smallest absolute Gasteiger partial charge is 0.436 e. The van der Waals surface area contributed by atoms with Crippen molar-refractivity contribution in [2.45, 2.75) is 38.6 Å². The highest BCUT2D eigenvalue weighted by Gasteiger charge is 2.40. The van der Waals surface area contributed by atoms with Crippen LogP contribution in [0.1, 0.15) is 38.2 Å². The summed E-state index contributed by atoms with van der Waals surface area (Å²) >= 11 is 0. The van der Waals surface area contributed by atoms with Crippen LogP contribution in [0.15, 0.2) is 36.7 Å². The number of quaternary nitrogens is 1. The molecule has 1 fully saturated rings. The van der Waals surface area contributed by atoms with Crippen LogP contribution in [0.2, 0.25) is 0 Å². The maximum absolute atomic E-state index is 13.2. The van der Waals surface area contributed by atoms with Crippen LogP contribution in [0.3, 0.4) is 0 Å². The molecule has 10 nitrogen and oxygen atoms in total. The summed E-state index contributed by atoms with van der Waals surface area (Å²) in [6, 6.07) is 5.29. The van der Waals surface area contributed by atoms with Gasteiger partial charge < -0.3 is 9.94 Å². The van der Waals surface area contributed by atoms with Gasteiger partial charge in [-0.15, -0.1) is 0 Å². The zero-order valence-corrected chi connectivity index (χ0v) is 18.1. The van der Waals surface area contributed by atoms with Gasteiger partial charge in [0.15, 0.2) is 0 Å². The van der Waals surface area contributed by atoms with Crippen molar-refractivity contribution in [2.75, 3.05) is 22.8 Å². The molecule has 2 aromatic rings. The maximum atomic E-state index is 13.2. The summed E-state index contributed by atoms with van der Waals surface area (Å²) in [7, 11) is -2.97. The third-order valence-electron chi connectivity index (χ3n) is 4.96. The summed E-state index contributed by atoms with van der Waals surface area (Å²) in [6.45, 7) is 4.74. The molecule has 2 amide bonds. The van der Waals surface area contributed by atoms with E-state index in [0.717, 1.165) is 9.87 Å². The lowest BCUT2D eigenvalue weighted by molar-refractivity contribution is -0.604. The van der Waals surface area contributed by atoms with Gasteiger partial charge in [-0.05, 0) is 36.5 Å². The zero-order chi connectivity index (χ0) is 21.9. The standard InChI is InChI=1S/C19H27N5O5S/c1-14(2)15-5-4-6-16(11-15)21-19(25)24(26)30(27,28)23(17-7-9-29-10-8-17)18-12-20-22(3)13-18/h4-6,11-14,17,24H,7-10H2,1-3H3,(H,21,25). The second-order valence-corrected chi connectivity index (χ2v) is 9.25. The number of urea groups is 1. The minimum Gasteiger partial charge on any atom is -0.608 e. The Morgan fingerprint density at radius 2 is 2.07 bits per heavy atom. The van der Waals surface area contributed by atoms with E-state index in [1.54, 1.807) is 25.2 Å². The first kappa shape index (κ1) is 22.2. The van der Waals surface area contributed by atoms with E-state index in [2.05, 4.69) is 10.4 Å². The van der Waals surface area contributed by atoms with Gasteiger partial charge in [-0.3, -0.25) is 10.00 Å². The summed E-state index contributed by atoms with van der Waals surface area (Å²) in [5.74, 6) is 0.218. The van der Waals surface area contributed by atoms with Crippen molar-refractivity contribution >= 4 is 27.6 Å². The second kappa shape index (κ2) is 9.13. The average molecular weight is 438 g/mol. The zero-order valence-electron chi connectivity index (χ0n) is 17.2. The fourth-order valence-electron chi connectivity index (χ4n) is 3.35. The van der Waals surface area contributed by atoms with E-state index in [9.17, 15) is 18.4 Å². The Morgan fingerprint density at radius 1 is 1.37 bits per heavy atom. The van der Waals surface area contributed by atoms with E-state index in [-0.39, 0.29) is 11.6 Å². The number of rotatable bonds is 6. The van der Waals surface area contributed by atoms with E-state index in [0.29, 0.717) is 31.7 Å². The first-order valence-electron chi connectivity index (χ1n) is 9.76. The summed E-state index contributed by atoms with van der Waals surface area (Å²) in [5.41, 5.74) is 1.57. The van der Waals surface area contributed by atoms with Crippen LogP contribution < -0.4 is 14.1 Å². The Labute approximate surface area is 176 Å². The Bertz CT molecular complexity index is 985. The molecule has 1 saturated heterocycles. The fraction of sp³-hybridized carbons (Fsp3) is 0.474. The molecule has 3 rings (SSSR count). The van der Waals surface area contributed by atoms with Gasteiger partial charge in [0.1, 0.15) is 0 Å². The number of hydrogen-bond acceptors (Lipinski definition) is 6. The topological polar surface area (TPSA) is 121 Å². The molecule has 164 valence electrons. The van der Waals surface area contributed by atoms with Crippen LogP contribution in [-0.4, -0.2) is 43.5 Å². The third-order valence-corrected chi connectivity index (χ3v) is 6.64. The van der Waals surface area contributed by atoms with Crippen molar-refractivity contribution < 1.29 is 22.4 Å². The molecule has 1 aliphatic heterocycles. The van der Waals surface area contributed by atoms with Gasteiger partial charge in [0.2, 0.25) is 0 Å². The van der Waals surface area contributed by atoms with E-state index < -0.39 is 26.8 Å². The fourth-order valence-corrected chi connectivity index (χ4v) is 4.79. The van der Waals surface area contributed by atoms with Gasteiger partial charge in [-0.2, -0.15) is 18.0 Å². The molecule has 1 unspecified atom stereocenters. The Hall–Kier alpha value is -2.47. The second-order valence-electron chi connectivity index (χ2n) is 7.54. The molecule has 11 heteroatoms. The molecule has 0 saturated carbocycles.